The van der Waals surface area contributed by atoms with Crippen LogP contribution in [0.3, 0.4) is 0 Å². The van der Waals surface area contributed by atoms with Crippen molar-refractivity contribution in [3.63, 3.8) is 0 Å². The first-order valence-electron chi connectivity index (χ1n) is 3.31. The maximum Gasteiger partial charge on any atom is 0.226 e. The summed E-state index contributed by atoms with van der Waals surface area (Å²) >= 11 is 0. The van der Waals surface area contributed by atoms with Gasteiger partial charge >= 0.3 is 0 Å². The molecule has 1 rings (SSSR count). The summed E-state index contributed by atoms with van der Waals surface area (Å²) in [6.07, 6.45) is -4.84. The van der Waals surface area contributed by atoms with Gasteiger partial charge < -0.3 is 30.3 Å². The number of hydrogen-bond donors (Lipinski definition) is 5. The first-order valence-corrected chi connectivity index (χ1v) is 3.31. The second kappa shape index (κ2) is 3.28. The van der Waals surface area contributed by atoms with Crippen molar-refractivity contribution in [3.8, 4) is 0 Å². The van der Waals surface area contributed by atoms with E-state index in [1.807, 2.05) is 0 Å². The first-order chi connectivity index (χ1) is 5.57. The van der Waals surface area contributed by atoms with E-state index < -0.39 is 30.9 Å². The summed E-state index contributed by atoms with van der Waals surface area (Å²) in [7, 11) is 0. The normalized spacial score (nSPS) is 36.5. The zero-order valence-corrected chi connectivity index (χ0v) is 6.08. The van der Waals surface area contributed by atoms with Crippen LogP contribution in [0.25, 0.3) is 0 Å². The first kappa shape index (κ1) is 9.27. The lowest BCUT2D eigenvalue weighted by atomic mass is 10.1. The second-order valence-electron chi connectivity index (χ2n) is 2.41. The van der Waals surface area contributed by atoms with E-state index in [1.165, 1.54) is 0 Å². The van der Waals surface area contributed by atoms with Crippen LogP contribution in [-0.2, 0) is 4.74 Å². The van der Waals surface area contributed by atoms with Crippen molar-refractivity contribution in [1.29, 1.82) is 0 Å². The van der Waals surface area contributed by atoms with Crippen LogP contribution >= 0.6 is 0 Å². The molecule has 0 bridgehead atoms. The molecule has 0 aromatic carbocycles. The number of rotatable bonds is 1. The molecule has 1 heterocycles. The fraction of sp³-hybridized carbons (Fsp3) is 0.667. The van der Waals surface area contributed by atoms with Gasteiger partial charge in [0.05, 0.1) is 0 Å². The monoisotopic (exact) mass is 178 g/mol. The fourth-order valence-corrected chi connectivity index (χ4v) is 0.877. The molecule has 12 heavy (non-hydrogen) atoms. The molecule has 5 N–H and O–H groups in total. The average Bonchev–Trinajstić information content (AvgIpc) is 2.08. The molecule has 0 saturated heterocycles. The van der Waals surface area contributed by atoms with Gasteiger partial charge in [-0.1, -0.05) is 0 Å². The molecule has 0 fully saturated rings. The minimum Gasteiger partial charge on any atom is -0.506 e. The largest absolute Gasteiger partial charge is 0.506 e. The molecular weight excluding hydrogens is 168 g/mol. The zero-order valence-electron chi connectivity index (χ0n) is 6.08. The van der Waals surface area contributed by atoms with Crippen molar-refractivity contribution in [2.24, 2.45) is 0 Å². The molecule has 0 aromatic rings. The number of ether oxygens (including phenoxy) is 1. The Morgan fingerprint density at radius 1 is 1.25 bits per heavy atom. The van der Waals surface area contributed by atoms with Crippen molar-refractivity contribution >= 4 is 0 Å². The molecule has 70 valence electrons. The summed E-state index contributed by atoms with van der Waals surface area (Å²) in [5.74, 6) is -0.990. The van der Waals surface area contributed by atoms with Crippen LogP contribution in [-0.4, -0.2) is 50.6 Å². The van der Waals surface area contributed by atoms with E-state index in [2.05, 4.69) is 4.74 Å². The molecule has 0 amide bonds. The molecule has 6 nitrogen and oxygen atoms in total. The highest BCUT2D eigenvalue weighted by atomic mass is 16.6. The second-order valence-corrected chi connectivity index (χ2v) is 2.41. The lowest BCUT2D eigenvalue weighted by Crippen LogP contribution is -2.44. The summed E-state index contributed by atoms with van der Waals surface area (Å²) in [5.41, 5.74) is 0. The molecule has 0 aliphatic carbocycles. The van der Waals surface area contributed by atoms with Gasteiger partial charge in [-0.05, 0) is 0 Å². The molecule has 0 spiro atoms. The smallest absolute Gasteiger partial charge is 0.226 e. The van der Waals surface area contributed by atoms with Gasteiger partial charge in [-0.25, -0.2) is 0 Å². The highest BCUT2D eigenvalue weighted by Crippen LogP contribution is 2.21. The Balaban J connectivity index is 2.87. The van der Waals surface area contributed by atoms with E-state index in [4.69, 9.17) is 25.5 Å². The van der Waals surface area contributed by atoms with E-state index in [1.54, 1.807) is 0 Å². The van der Waals surface area contributed by atoms with Crippen LogP contribution in [0.4, 0.5) is 0 Å². The van der Waals surface area contributed by atoms with Gasteiger partial charge in [-0.2, -0.15) is 0 Å². The molecular formula is C6H10O6. The third kappa shape index (κ3) is 1.37. The van der Waals surface area contributed by atoms with Crippen molar-refractivity contribution in [2.75, 3.05) is 6.61 Å². The van der Waals surface area contributed by atoms with Crippen LogP contribution in [0.2, 0.25) is 0 Å². The third-order valence-electron chi connectivity index (χ3n) is 1.59. The van der Waals surface area contributed by atoms with Crippen LogP contribution in [0.5, 0.6) is 0 Å². The van der Waals surface area contributed by atoms with Gasteiger partial charge in [0.25, 0.3) is 0 Å². The Kier molecular flexibility index (Phi) is 2.53. The Bertz CT molecular complexity index is 200. The SMILES string of the molecule is OCC1=C(O)[C@H](O)[C@H](O)[C@@H](O)O1. The van der Waals surface area contributed by atoms with Gasteiger partial charge in [-0.3, -0.25) is 0 Å². The fourth-order valence-electron chi connectivity index (χ4n) is 0.877. The Hall–Kier alpha value is -0.820. The van der Waals surface area contributed by atoms with Crippen LogP contribution in [0.15, 0.2) is 11.5 Å². The highest BCUT2D eigenvalue weighted by Gasteiger charge is 2.36. The predicted molar refractivity (Wildman–Crippen MR) is 35.8 cm³/mol. The zero-order chi connectivity index (χ0) is 9.30. The molecule has 0 radical (unpaired) electrons. The summed E-state index contributed by atoms with van der Waals surface area (Å²) in [4.78, 5) is 0. The van der Waals surface area contributed by atoms with Gasteiger partial charge in [0, 0.05) is 0 Å². The topological polar surface area (TPSA) is 110 Å². The van der Waals surface area contributed by atoms with E-state index >= 15 is 0 Å². The Morgan fingerprint density at radius 3 is 2.33 bits per heavy atom. The molecule has 3 atom stereocenters. The number of aliphatic hydroxyl groups excluding tert-OH is 5. The number of aliphatic hydroxyl groups is 5. The van der Waals surface area contributed by atoms with Crippen LogP contribution < -0.4 is 0 Å². The minimum atomic E-state index is -1.63. The molecule has 1 aliphatic heterocycles. The van der Waals surface area contributed by atoms with Gasteiger partial charge in [-0.15, -0.1) is 0 Å². The predicted octanol–water partition coefficient (Wildman–Crippen LogP) is -2.18. The van der Waals surface area contributed by atoms with Crippen molar-refractivity contribution in [3.05, 3.63) is 11.5 Å². The summed E-state index contributed by atoms with van der Waals surface area (Å²) < 4.78 is 4.46. The van der Waals surface area contributed by atoms with E-state index in [-0.39, 0.29) is 5.76 Å². The molecule has 1 aliphatic rings. The highest BCUT2D eigenvalue weighted by molar-refractivity contribution is 5.11. The van der Waals surface area contributed by atoms with Gasteiger partial charge in [0.2, 0.25) is 6.29 Å². The molecule has 0 aromatic heterocycles. The Morgan fingerprint density at radius 2 is 1.83 bits per heavy atom. The molecule has 6 heteroatoms. The van der Waals surface area contributed by atoms with Crippen LogP contribution in [0, 0.1) is 0 Å². The summed E-state index contributed by atoms with van der Waals surface area (Å²) in [6, 6.07) is 0. The quantitative estimate of drug-likeness (QED) is 0.312. The van der Waals surface area contributed by atoms with E-state index in [9.17, 15) is 0 Å². The third-order valence-corrected chi connectivity index (χ3v) is 1.59. The van der Waals surface area contributed by atoms with E-state index in [0.717, 1.165) is 0 Å². The standard InChI is InChI=1S/C6H10O6/c7-1-2-3(8)4(9)5(10)6(11)12-2/h4-11H,1H2/t4-,5-,6-/m0/s1. The van der Waals surface area contributed by atoms with E-state index in [0.29, 0.717) is 0 Å². The molecule has 0 unspecified atom stereocenters. The number of hydrogen-bond acceptors (Lipinski definition) is 6. The van der Waals surface area contributed by atoms with Gasteiger partial charge in [0.15, 0.2) is 11.5 Å². The van der Waals surface area contributed by atoms with Crippen molar-refractivity contribution in [1.82, 2.24) is 0 Å². The lowest BCUT2D eigenvalue weighted by Gasteiger charge is -2.29. The maximum absolute atomic E-state index is 9.01. The maximum atomic E-state index is 9.01. The molecule has 0 saturated carbocycles. The summed E-state index contributed by atoms with van der Waals surface area (Å²) in [5, 5.41) is 44.4. The summed E-state index contributed by atoms with van der Waals surface area (Å²) in [6.45, 7) is -0.646. The minimum absolute atomic E-state index is 0.333. The van der Waals surface area contributed by atoms with Crippen molar-refractivity contribution < 1.29 is 30.3 Å². The van der Waals surface area contributed by atoms with Crippen molar-refractivity contribution in [2.45, 2.75) is 18.5 Å². The van der Waals surface area contributed by atoms with Crippen LogP contribution in [0.1, 0.15) is 0 Å². The Labute approximate surface area is 68.0 Å². The lowest BCUT2D eigenvalue weighted by molar-refractivity contribution is -0.190. The van der Waals surface area contributed by atoms with Gasteiger partial charge in [0.1, 0.15) is 18.8 Å². The average molecular weight is 178 g/mol.